The molecule has 3 rings (SSSR count). The molecule has 0 radical (unpaired) electrons. The number of hydrogen-bond donors (Lipinski definition) is 0. The molecule has 2 aromatic carbocycles. The Labute approximate surface area is 134 Å². The number of thioether (sulfide) groups is 1. The van der Waals surface area contributed by atoms with Crippen LogP contribution in [0.15, 0.2) is 66.0 Å². The standard InChI is InChI=1S/C18H17NS2/c1-14-13-21-17(19-14)18(20-2,15-9-5-3-6-10-15)16-11-7-4-8-12-16/h3-13H,1-2H3. The van der Waals surface area contributed by atoms with Crippen molar-refractivity contribution < 1.29 is 0 Å². The van der Waals surface area contributed by atoms with Gasteiger partial charge in [-0.2, -0.15) is 0 Å². The maximum Gasteiger partial charge on any atom is 0.118 e. The van der Waals surface area contributed by atoms with Gasteiger partial charge >= 0.3 is 0 Å². The molecule has 3 heteroatoms. The zero-order chi connectivity index (χ0) is 14.7. The Bertz CT molecular complexity index is 665. The van der Waals surface area contributed by atoms with Crippen LogP contribution in [0, 0.1) is 6.92 Å². The zero-order valence-corrected chi connectivity index (χ0v) is 13.7. The van der Waals surface area contributed by atoms with E-state index in [9.17, 15) is 0 Å². The molecule has 0 aliphatic carbocycles. The molecule has 106 valence electrons. The van der Waals surface area contributed by atoms with Crippen LogP contribution in [0.1, 0.15) is 21.8 Å². The summed E-state index contributed by atoms with van der Waals surface area (Å²) in [4.78, 5) is 4.80. The molecule has 3 aromatic rings. The van der Waals surface area contributed by atoms with Crippen molar-refractivity contribution in [2.45, 2.75) is 11.7 Å². The molecule has 0 saturated carbocycles. The first-order valence-electron chi connectivity index (χ1n) is 6.86. The monoisotopic (exact) mass is 311 g/mol. The van der Waals surface area contributed by atoms with E-state index < -0.39 is 0 Å². The number of rotatable bonds is 4. The lowest BCUT2D eigenvalue weighted by Crippen LogP contribution is -2.25. The third kappa shape index (κ3) is 2.52. The molecule has 1 aromatic heterocycles. The number of nitrogens with zero attached hydrogens (tertiary/aromatic N) is 1. The molecule has 1 nitrogen and oxygen atoms in total. The van der Waals surface area contributed by atoms with Crippen molar-refractivity contribution in [3.8, 4) is 0 Å². The highest BCUT2D eigenvalue weighted by atomic mass is 32.2. The predicted molar refractivity (Wildman–Crippen MR) is 93.1 cm³/mol. The van der Waals surface area contributed by atoms with Crippen LogP contribution >= 0.6 is 23.1 Å². The molecular weight excluding hydrogens is 294 g/mol. The molecule has 0 amide bonds. The first kappa shape index (κ1) is 14.4. The molecule has 0 unspecified atom stereocenters. The van der Waals surface area contributed by atoms with E-state index in [1.165, 1.54) is 11.1 Å². The van der Waals surface area contributed by atoms with Gasteiger partial charge in [-0.1, -0.05) is 60.7 Å². The number of aryl methyl sites for hydroxylation is 1. The van der Waals surface area contributed by atoms with Crippen molar-refractivity contribution in [2.75, 3.05) is 6.26 Å². The van der Waals surface area contributed by atoms with Crippen molar-refractivity contribution in [2.24, 2.45) is 0 Å². The fourth-order valence-corrected chi connectivity index (χ4v) is 4.89. The molecular formula is C18H17NS2. The Hall–Kier alpha value is -1.58. The van der Waals surface area contributed by atoms with Crippen LogP contribution in [0.25, 0.3) is 0 Å². The lowest BCUT2D eigenvalue weighted by molar-refractivity contribution is 0.876. The summed E-state index contributed by atoms with van der Waals surface area (Å²) in [6.07, 6.45) is 2.16. The predicted octanol–water partition coefficient (Wildman–Crippen LogP) is 5.11. The second-order valence-corrected chi connectivity index (χ2v) is 6.79. The van der Waals surface area contributed by atoms with Gasteiger partial charge in [0.25, 0.3) is 0 Å². The van der Waals surface area contributed by atoms with Crippen molar-refractivity contribution in [3.05, 3.63) is 87.9 Å². The minimum Gasteiger partial charge on any atom is -0.244 e. The molecule has 0 aliphatic rings. The summed E-state index contributed by atoms with van der Waals surface area (Å²) in [5.41, 5.74) is 3.64. The summed E-state index contributed by atoms with van der Waals surface area (Å²) >= 11 is 3.58. The molecule has 0 fully saturated rings. The third-order valence-electron chi connectivity index (χ3n) is 3.59. The van der Waals surface area contributed by atoms with Gasteiger partial charge in [-0.25, -0.2) is 4.98 Å². The third-order valence-corrected chi connectivity index (χ3v) is 6.07. The molecule has 0 atom stereocenters. The van der Waals surface area contributed by atoms with E-state index in [1.54, 1.807) is 11.3 Å². The highest BCUT2D eigenvalue weighted by molar-refractivity contribution is 8.00. The van der Waals surface area contributed by atoms with E-state index in [2.05, 4.69) is 79.2 Å². The first-order chi connectivity index (χ1) is 10.3. The van der Waals surface area contributed by atoms with Crippen molar-refractivity contribution >= 4 is 23.1 Å². The minimum atomic E-state index is -0.235. The average Bonchev–Trinajstić information content (AvgIpc) is 2.98. The normalized spacial score (nSPS) is 11.5. The quantitative estimate of drug-likeness (QED) is 0.664. The van der Waals surface area contributed by atoms with E-state index in [0.717, 1.165) is 10.7 Å². The summed E-state index contributed by atoms with van der Waals surface area (Å²) in [7, 11) is 0. The van der Waals surface area contributed by atoms with Gasteiger partial charge in [0.05, 0.1) is 0 Å². The summed E-state index contributed by atoms with van der Waals surface area (Å²) in [5, 5.41) is 3.27. The van der Waals surface area contributed by atoms with Crippen molar-refractivity contribution in [1.82, 2.24) is 4.98 Å². The Morgan fingerprint density at radius 1 is 0.905 bits per heavy atom. The smallest absolute Gasteiger partial charge is 0.118 e. The van der Waals surface area contributed by atoms with Gasteiger partial charge in [-0.3, -0.25) is 0 Å². The van der Waals surface area contributed by atoms with Gasteiger partial charge in [-0.15, -0.1) is 23.1 Å². The van der Waals surface area contributed by atoms with E-state index in [-0.39, 0.29) is 4.75 Å². The second-order valence-electron chi connectivity index (χ2n) is 4.91. The van der Waals surface area contributed by atoms with Gasteiger partial charge in [0, 0.05) is 11.1 Å². The maximum absolute atomic E-state index is 4.80. The molecule has 0 aliphatic heterocycles. The number of aromatic nitrogens is 1. The fourth-order valence-electron chi connectivity index (χ4n) is 2.60. The zero-order valence-electron chi connectivity index (χ0n) is 12.1. The van der Waals surface area contributed by atoms with Crippen LogP contribution in [0.2, 0.25) is 0 Å². The molecule has 0 N–H and O–H groups in total. The maximum atomic E-state index is 4.80. The van der Waals surface area contributed by atoms with E-state index in [1.807, 2.05) is 11.8 Å². The van der Waals surface area contributed by atoms with Crippen molar-refractivity contribution in [1.29, 1.82) is 0 Å². The average molecular weight is 311 g/mol. The highest BCUT2D eigenvalue weighted by Crippen LogP contribution is 2.48. The van der Waals surface area contributed by atoms with Gasteiger partial charge in [0.15, 0.2) is 0 Å². The molecule has 0 saturated heterocycles. The summed E-state index contributed by atoms with van der Waals surface area (Å²) in [6.45, 7) is 2.06. The fraction of sp³-hybridized carbons (Fsp3) is 0.167. The summed E-state index contributed by atoms with van der Waals surface area (Å²) in [5.74, 6) is 0. The lowest BCUT2D eigenvalue weighted by atomic mass is 9.90. The minimum absolute atomic E-state index is 0.235. The number of hydrogen-bond acceptors (Lipinski definition) is 3. The summed E-state index contributed by atoms with van der Waals surface area (Å²) in [6, 6.07) is 21.3. The Morgan fingerprint density at radius 2 is 1.43 bits per heavy atom. The number of thiazole rings is 1. The largest absolute Gasteiger partial charge is 0.244 e. The molecule has 1 heterocycles. The van der Waals surface area contributed by atoms with E-state index in [0.29, 0.717) is 0 Å². The Morgan fingerprint density at radius 3 is 1.81 bits per heavy atom. The van der Waals surface area contributed by atoms with Crippen LogP contribution < -0.4 is 0 Å². The molecule has 0 bridgehead atoms. The SMILES string of the molecule is CSC(c1ccccc1)(c1ccccc1)c1nc(C)cs1. The van der Waals surface area contributed by atoms with Crippen LogP contribution in [0.5, 0.6) is 0 Å². The Balaban J connectivity index is 2.28. The van der Waals surface area contributed by atoms with Gasteiger partial charge in [-0.05, 0) is 24.3 Å². The second kappa shape index (κ2) is 6.04. The van der Waals surface area contributed by atoms with Gasteiger partial charge < -0.3 is 0 Å². The van der Waals surface area contributed by atoms with Crippen LogP contribution in [-0.2, 0) is 4.75 Å². The van der Waals surface area contributed by atoms with Gasteiger partial charge in [0.1, 0.15) is 9.75 Å². The highest BCUT2D eigenvalue weighted by Gasteiger charge is 2.38. The van der Waals surface area contributed by atoms with Gasteiger partial charge in [0.2, 0.25) is 0 Å². The molecule has 21 heavy (non-hydrogen) atoms. The summed E-state index contributed by atoms with van der Waals surface area (Å²) < 4.78 is -0.235. The van der Waals surface area contributed by atoms with E-state index in [4.69, 9.17) is 4.98 Å². The van der Waals surface area contributed by atoms with E-state index >= 15 is 0 Å². The lowest BCUT2D eigenvalue weighted by Gasteiger charge is -2.31. The van der Waals surface area contributed by atoms with Crippen molar-refractivity contribution in [3.63, 3.8) is 0 Å². The number of benzene rings is 2. The first-order valence-corrected chi connectivity index (χ1v) is 8.96. The van der Waals surface area contributed by atoms with Crippen LogP contribution in [-0.4, -0.2) is 11.2 Å². The Kier molecular flexibility index (Phi) is 4.13. The van der Waals surface area contributed by atoms with Crippen LogP contribution in [0.3, 0.4) is 0 Å². The van der Waals surface area contributed by atoms with Crippen LogP contribution in [0.4, 0.5) is 0 Å². The topological polar surface area (TPSA) is 12.9 Å². The molecule has 0 spiro atoms.